The molecule has 4 saturated carbocycles. The lowest BCUT2D eigenvalue weighted by Crippen LogP contribution is -2.68. The first-order chi connectivity index (χ1) is 23.5. The fourth-order valence-corrected chi connectivity index (χ4v) is 15.2. The van der Waals surface area contributed by atoms with E-state index >= 15 is 0 Å². The van der Waals surface area contributed by atoms with Crippen LogP contribution in [-0.4, -0.2) is 69.6 Å². The van der Waals surface area contributed by atoms with Crippen molar-refractivity contribution in [2.75, 3.05) is 44.8 Å². The summed E-state index contributed by atoms with van der Waals surface area (Å²) in [5.74, 6) is 3.50. The molecule has 1 aliphatic heterocycles. The predicted octanol–water partition coefficient (Wildman–Crippen LogP) is 8.20. The lowest BCUT2D eigenvalue weighted by molar-refractivity contribution is -0.219. The summed E-state index contributed by atoms with van der Waals surface area (Å²) in [5, 5.41) is 4.22. The highest BCUT2D eigenvalue weighted by molar-refractivity contribution is 7.91. The van der Waals surface area contributed by atoms with Crippen LogP contribution in [0.2, 0.25) is 0 Å². The van der Waals surface area contributed by atoms with Crippen molar-refractivity contribution in [1.29, 1.82) is 0 Å². The molecule has 7 rings (SSSR count). The Kier molecular flexibility index (Phi) is 9.16. The molecule has 0 amide bonds. The maximum Gasteiger partial charge on any atom is 0.337 e. The number of carbonyl (C=O) groups excluding carboxylic acids is 1. The van der Waals surface area contributed by atoms with Crippen LogP contribution in [0, 0.1) is 51.2 Å². The average molecular weight is 705 g/mol. The molecule has 1 heterocycles. The van der Waals surface area contributed by atoms with Crippen molar-refractivity contribution in [3.8, 4) is 0 Å². The fourth-order valence-electron chi connectivity index (χ4n) is 13.9. The highest BCUT2D eigenvalue weighted by atomic mass is 32.2. The maximum atomic E-state index is 12.1. The van der Waals surface area contributed by atoms with E-state index in [4.69, 9.17) is 4.74 Å². The van der Waals surface area contributed by atoms with E-state index in [2.05, 4.69) is 76.5 Å². The van der Waals surface area contributed by atoms with Crippen LogP contribution in [0.4, 0.5) is 0 Å². The van der Waals surface area contributed by atoms with Crippen molar-refractivity contribution in [2.24, 2.45) is 51.2 Å². The Bertz CT molecular complexity index is 1630. The minimum atomic E-state index is -2.86. The number of nitrogens with one attached hydrogen (secondary N) is 1. The second kappa shape index (κ2) is 12.6. The van der Waals surface area contributed by atoms with Gasteiger partial charge in [-0.25, -0.2) is 13.2 Å². The topological polar surface area (TPSA) is 75.7 Å². The number of allylic oxidation sites excluding steroid dienone is 3. The van der Waals surface area contributed by atoms with Gasteiger partial charge in [-0.05, 0) is 139 Å². The Hall–Kier alpha value is -1.96. The van der Waals surface area contributed by atoms with Gasteiger partial charge in [0.15, 0.2) is 9.84 Å². The number of esters is 1. The third-order valence-corrected chi connectivity index (χ3v) is 18.2. The number of methoxy groups -OCH3 is 1. The van der Waals surface area contributed by atoms with Crippen LogP contribution >= 0.6 is 0 Å². The molecular weight excluding hydrogens is 641 g/mol. The normalized spacial score (nSPS) is 41.9. The van der Waals surface area contributed by atoms with E-state index in [-0.39, 0.29) is 27.8 Å². The quantitative estimate of drug-likeness (QED) is 0.228. The van der Waals surface area contributed by atoms with Crippen molar-refractivity contribution in [2.45, 2.75) is 105 Å². The number of nitrogens with zero attached hydrogens (tertiary/aromatic N) is 1. The lowest BCUT2D eigenvalue weighted by atomic mass is 9.33. The molecule has 276 valence electrons. The number of ether oxygens (including phenoxy) is 1. The molecule has 5 fully saturated rings. The average Bonchev–Trinajstić information content (AvgIpc) is 3.45. The zero-order chi connectivity index (χ0) is 35.9. The third kappa shape index (κ3) is 5.52. The molecule has 50 heavy (non-hydrogen) atoms. The van der Waals surface area contributed by atoms with Crippen LogP contribution in [-0.2, 0) is 14.6 Å². The second-order valence-corrected chi connectivity index (χ2v) is 21.2. The van der Waals surface area contributed by atoms with Gasteiger partial charge in [0.25, 0.3) is 0 Å². The van der Waals surface area contributed by atoms with Crippen LogP contribution in [0.25, 0.3) is 5.57 Å². The zero-order valence-electron chi connectivity index (χ0n) is 32.1. The second-order valence-electron chi connectivity index (χ2n) is 18.9. The van der Waals surface area contributed by atoms with E-state index in [9.17, 15) is 13.2 Å². The molecule has 9 unspecified atom stereocenters. The van der Waals surface area contributed by atoms with Crippen LogP contribution < -0.4 is 5.32 Å². The SMILES string of the molecule is C=C(C)C1CCC2(NCCN3CCS(=O)(=O)CC3)CCC3(C)C(CCC4C5(C)CC=C(c6ccc(C(=O)OC)cc6)C(C)(C)C5CCC43C)C12. The minimum Gasteiger partial charge on any atom is -0.465 e. The Morgan fingerprint density at radius 3 is 2.28 bits per heavy atom. The summed E-state index contributed by atoms with van der Waals surface area (Å²) in [6, 6.07) is 8.10. The Morgan fingerprint density at radius 1 is 0.920 bits per heavy atom. The Morgan fingerprint density at radius 2 is 1.62 bits per heavy atom. The molecule has 1 N–H and O–H groups in total. The molecule has 1 aromatic carbocycles. The number of hydrogen-bond acceptors (Lipinski definition) is 6. The van der Waals surface area contributed by atoms with E-state index < -0.39 is 9.84 Å². The zero-order valence-corrected chi connectivity index (χ0v) is 32.9. The van der Waals surface area contributed by atoms with Gasteiger partial charge in [0.05, 0.1) is 24.2 Å². The molecule has 1 aromatic rings. The van der Waals surface area contributed by atoms with E-state index in [1.165, 1.54) is 75.2 Å². The number of hydrogen-bond donors (Lipinski definition) is 1. The van der Waals surface area contributed by atoms with E-state index in [0.29, 0.717) is 65.2 Å². The van der Waals surface area contributed by atoms with Crippen molar-refractivity contribution in [3.05, 3.63) is 53.6 Å². The summed E-state index contributed by atoms with van der Waals surface area (Å²) >= 11 is 0. The number of carbonyl (C=O) groups is 1. The van der Waals surface area contributed by atoms with Crippen LogP contribution in [0.15, 0.2) is 42.5 Å². The summed E-state index contributed by atoms with van der Waals surface area (Å²) in [6.07, 6.45) is 13.9. The third-order valence-electron chi connectivity index (χ3n) is 16.6. The number of fused-ring (bicyclic) bond motifs is 7. The summed E-state index contributed by atoms with van der Waals surface area (Å²) < 4.78 is 29.0. The van der Waals surface area contributed by atoms with Gasteiger partial charge in [-0.2, -0.15) is 0 Å². The summed E-state index contributed by atoms with van der Waals surface area (Å²) in [5.41, 5.74) is 5.69. The molecule has 1 saturated heterocycles. The van der Waals surface area contributed by atoms with Gasteiger partial charge >= 0.3 is 5.97 Å². The van der Waals surface area contributed by atoms with Crippen LogP contribution in [0.3, 0.4) is 0 Å². The summed E-state index contributed by atoms with van der Waals surface area (Å²) in [6.45, 7) is 23.2. The van der Waals surface area contributed by atoms with Gasteiger partial charge in [-0.1, -0.05) is 65.0 Å². The van der Waals surface area contributed by atoms with Gasteiger partial charge in [-0.15, -0.1) is 0 Å². The van der Waals surface area contributed by atoms with Gasteiger partial charge in [0.1, 0.15) is 0 Å². The molecule has 0 spiro atoms. The van der Waals surface area contributed by atoms with Crippen molar-refractivity contribution in [1.82, 2.24) is 10.2 Å². The van der Waals surface area contributed by atoms with Crippen molar-refractivity contribution < 1.29 is 17.9 Å². The van der Waals surface area contributed by atoms with Gasteiger partial charge in [-0.3, -0.25) is 0 Å². The first kappa shape index (κ1) is 36.4. The highest BCUT2D eigenvalue weighted by Crippen LogP contribution is 2.76. The molecule has 9 atom stereocenters. The smallest absolute Gasteiger partial charge is 0.337 e. The van der Waals surface area contributed by atoms with Gasteiger partial charge < -0.3 is 15.0 Å². The monoisotopic (exact) mass is 704 g/mol. The number of sulfone groups is 1. The van der Waals surface area contributed by atoms with Crippen molar-refractivity contribution >= 4 is 21.4 Å². The van der Waals surface area contributed by atoms with Gasteiger partial charge in [0.2, 0.25) is 0 Å². The largest absolute Gasteiger partial charge is 0.465 e. The van der Waals surface area contributed by atoms with Gasteiger partial charge in [0, 0.05) is 31.7 Å². The van der Waals surface area contributed by atoms with Crippen molar-refractivity contribution in [3.63, 3.8) is 0 Å². The summed E-state index contributed by atoms with van der Waals surface area (Å²) in [7, 11) is -1.41. The molecule has 5 aliphatic carbocycles. The van der Waals surface area contributed by atoms with E-state index in [1.54, 1.807) is 0 Å². The minimum absolute atomic E-state index is 0.0412. The fraction of sp³-hybridized carbons (Fsp3) is 0.744. The van der Waals surface area contributed by atoms with Crippen LogP contribution in [0.1, 0.15) is 115 Å². The Labute approximate surface area is 303 Å². The molecule has 0 radical (unpaired) electrons. The molecule has 6 nitrogen and oxygen atoms in total. The predicted molar refractivity (Wildman–Crippen MR) is 204 cm³/mol. The van der Waals surface area contributed by atoms with E-state index in [0.717, 1.165) is 19.5 Å². The summed E-state index contributed by atoms with van der Waals surface area (Å²) in [4.78, 5) is 14.5. The molecule has 0 bridgehead atoms. The standard InChI is InChI=1S/C43H64N2O4S/c1-29(2)32-15-20-43(44-23-24-45-25-27-50(47,48)28-26-45)22-21-41(6)34(37(32)43)13-14-36-40(5)18-16-33(30-9-11-31(12-10-30)38(46)49-8)39(3,4)35(40)17-19-42(36,41)7/h9-12,16,32,34-37,44H,1,13-15,17-28H2,2-8H3. The molecule has 7 heteroatoms. The number of rotatable bonds is 7. The lowest BCUT2D eigenvalue weighted by Gasteiger charge is -2.72. The van der Waals surface area contributed by atoms with E-state index in [1.807, 2.05) is 12.1 Å². The molecule has 6 aliphatic rings. The number of benzene rings is 1. The highest BCUT2D eigenvalue weighted by Gasteiger charge is 2.70. The maximum absolute atomic E-state index is 12.1. The first-order valence-corrected chi connectivity index (χ1v) is 21.6. The Balaban J connectivity index is 1.14. The first-order valence-electron chi connectivity index (χ1n) is 19.7. The van der Waals surface area contributed by atoms with Crippen LogP contribution in [0.5, 0.6) is 0 Å². The molecular formula is C43H64N2O4S. The molecule has 0 aromatic heterocycles.